The zero-order valence-electron chi connectivity index (χ0n) is 11.7. The van der Waals surface area contributed by atoms with E-state index in [0.29, 0.717) is 19.7 Å². The monoisotopic (exact) mass is 299 g/mol. The molecule has 0 saturated heterocycles. The van der Waals surface area contributed by atoms with Gasteiger partial charge in [0.15, 0.2) is 0 Å². The molecule has 0 aromatic carbocycles. The highest BCUT2D eigenvalue weighted by Crippen LogP contribution is 2.29. The van der Waals surface area contributed by atoms with Crippen molar-refractivity contribution in [2.75, 3.05) is 26.0 Å². The molecule has 7 heteroatoms. The van der Waals surface area contributed by atoms with E-state index in [1.807, 2.05) is 10.8 Å². The normalized spacial score (nSPS) is 24.4. The molecule has 0 amide bonds. The average molecular weight is 299 g/mol. The summed E-state index contributed by atoms with van der Waals surface area (Å²) in [6.07, 6.45) is 7.43. The maximum atomic E-state index is 11.9. The first kappa shape index (κ1) is 14.0. The number of sulfonamides is 1. The molecule has 2 aliphatic rings. The van der Waals surface area contributed by atoms with Crippen molar-refractivity contribution in [1.29, 1.82) is 0 Å². The number of nitrogens with zero attached hydrogens (tertiary/aromatic N) is 3. The Hall–Kier alpha value is -0.920. The van der Waals surface area contributed by atoms with Crippen LogP contribution in [0.4, 0.5) is 0 Å². The van der Waals surface area contributed by atoms with Crippen molar-refractivity contribution in [2.45, 2.75) is 25.9 Å². The van der Waals surface area contributed by atoms with Gasteiger partial charge in [-0.2, -0.15) is 4.31 Å². The van der Waals surface area contributed by atoms with Crippen LogP contribution in [0.1, 0.15) is 18.7 Å². The van der Waals surface area contributed by atoms with Crippen LogP contribution in [0.25, 0.3) is 0 Å². The summed E-state index contributed by atoms with van der Waals surface area (Å²) in [6, 6.07) is 0. The molecule has 1 atom stereocenters. The Morgan fingerprint density at radius 2 is 2.05 bits per heavy atom. The van der Waals surface area contributed by atoms with Crippen molar-refractivity contribution >= 4 is 10.0 Å². The van der Waals surface area contributed by atoms with Crippen LogP contribution < -0.4 is 0 Å². The fourth-order valence-corrected chi connectivity index (χ4v) is 3.38. The van der Waals surface area contributed by atoms with Gasteiger partial charge in [0.2, 0.25) is 10.0 Å². The predicted molar refractivity (Wildman–Crippen MR) is 74.5 cm³/mol. The summed E-state index contributed by atoms with van der Waals surface area (Å²) >= 11 is 0. The highest BCUT2D eigenvalue weighted by molar-refractivity contribution is 7.88. The van der Waals surface area contributed by atoms with E-state index < -0.39 is 10.0 Å². The van der Waals surface area contributed by atoms with Crippen LogP contribution in [-0.2, 0) is 27.8 Å². The summed E-state index contributed by atoms with van der Waals surface area (Å²) in [5, 5.41) is 0. The van der Waals surface area contributed by atoms with Gasteiger partial charge in [-0.3, -0.25) is 0 Å². The van der Waals surface area contributed by atoms with Gasteiger partial charge in [-0.15, -0.1) is 0 Å². The molecule has 6 nitrogen and oxygen atoms in total. The van der Waals surface area contributed by atoms with E-state index in [-0.39, 0.29) is 5.92 Å². The second-order valence-electron chi connectivity index (χ2n) is 5.90. The number of aromatic nitrogens is 2. The maximum Gasteiger partial charge on any atom is 0.211 e. The number of hydrogen-bond acceptors (Lipinski definition) is 4. The molecule has 0 bridgehead atoms. The molecule has 1 aliphatic carbocycles. The highest BCUT2D eigenvalue weighted by atomic mass is 32.2. The summed E-state index contributed by atoms with van der Waals surface area (Å²) < 4.78 is 33.0. The molecule has 1 aliphatic heterocycles. The van der Waals surface area contributed by atoms with Gasteiger partial charge in [-0.25, -0.2) is 13.4 Å². The van der Waals surface area contributed by atoms with E-state index in [4.69, 9.17) is 4.74 Å². The van der Waals surface area contributed by atoms with Gasteiger partial charge in [0.25, 0.3) is 0 Å². The number of rotatable bonds is 5. The third-order valence-electron chi connectivity index (χ3n) is 3.91. The van der Waals surface area contributed by atoms with Gasteiger partial charge in [-0.05, 0) is 18.8 Å². The lowest BCUT2D eigenvalue weighted by Crippen LogP contribution is -2.34. The van der Waals surface area contributed by atoms with Crippen LogP contribution >= 0.6 is 0 Å². The SMILES string of the molecule is CS(=O)(=O)N1Cc2nccn2CC(COCC2CC2)C1. The topological polar surface area (TPSA) is 64.4 Å². The Kier molecular flexibility index (Phi) is 3.83. The molecule has 0 N–H and O–H groups in total. The second kappa shape index (κ2) is 5.46. The van der Waals surface area contributed by atoms with Crippen LogP contribution in [-0.4, -0.2) is 48.3 Å². The van der Waals surface area contributed by atoms with E-state index in [1.165, 1.54) is 23.4 Å². The van der Waals surface area contributed by atoms with E-state index in [0.717, 1.165) is 24.9 Å². The Labute approximate surface area is 119 Å². The number of ether oxygens (including phenoxy) is 1. The van der Waals surface area contributed by atoms with Crippen molar-refractivity contribution in [3.8, 4) is 0 Å². The molecule has 112 valence electrons. The molecule has 0 radical (unpaired) electrons. The lowest BCUT2D eigenvalue weighted by molar-refractivity contribution is 0.0809. The van der Waals surface area contributed by atoms with Gasteiger partial charge in [-0.1, -0.05) is 0 Å². The first-order valence-corrected chi connectivity index (χ1v) is 8.90. The summed E-state index contributed by atoms with van der Waals surface area (Å²) in [7, 11) is -3.21. The molecule has 1 saturated carbocycles. The largest absolute Gasteiger partial charge is 0.381 e. The Balaban J connectivity index is 1.69. The first-order valence-electron chi connectivity index (χ1n) is 7.05. The molecule has 1 aromatic heterocycles. The third-order valence-corrected chi connectivity index (χ3v) is 5.13. The lowest BCUT2D eigenvalue weighted by atomic mass is 10.1. The summed E-state index contributed by atoms with van der Waals surface area (Å²) in [5.74, 6) is 1.72. The molecular weight excluding hydrogens is 278 g/mol. The molecule has 1 unspecified atom stereocenters. The predicted octanol–water partition coefficient (Wildman–Crippen LogP) is 0.701. The van der Waals surface area contributed by atoms with Crippen molar-refractivity contribution in [1.82, 2.24) is 13.9 Å². The molecule has 2 heterocycles. The molecule has 1 aromatic rings. The van der Waals surface area contributed by atoms with E-state index in [2.05, 4.69) is 4.98 Å². The zero-order chi connectivity index (χ0) is 14.2. The van der Waals surface area contributed by atoms with Gasteiger partial charge in [0.1, 0.15) is 5.82 Å². The Bertz CT molecular complexity index is 565. The lowest BCUT2D eigenvalue weighted by Gasteiger charge is -2.21. The highest BCUT2D eigenvalue weighted by Gasteiger charge is 2.28. The summed E-state index contributed by atoms with van der Waals surface area (Å²) in [4.78, 5) is 4.25. The minimum atomic E-state index is -3.21. The minimum absolute atomic E-state index is 0.180. The molecule has 0 spiro atoms. The van der Waals surface area contributed by atoms with E-state index >= 15 is 0 Å². The summed E-state index contributed by atoms with van der Waals surface area (Å²) in [5.41, 5.74) is 0. The van der Waals surface area contributed by atoms with Gasteiger partial charge in [0, 0.05) is 38.0 Å². The van der Waals surface area contributed by atoms with Crippen LogP contribution in [0.2, 0.25) is 0 Å². The van der Waals surface area contributed by atoms with Crippen LogP contribution in [0.5, 0.6) is 0 Å². The fourth-order valence-electron chi connectivity index (χ4n) is 2.55. The molecular formula is C13H21N3O3S. The van der Waals surface area contributed by atoms with Crippen LogP contribution in [0.3, 0.4) is 0 Å². The molecule has 3 rings (SSSR count). The number of hydrogen-bond donors (Lipinski definition) is 0. The van der Waals surface area contributed by atoms with E-state index in [9.17, 15) is 8.42 Å². The van der Waals surface area contributed by atoms with Crippen molar-refractivity contribution in [3.63, 3.8) is 0 Å². The Morgan fingerprint density at radius 3 is 2.75 bits per heavy atom. The maximum absolute atomic E-state index is 11.9. The zero-order valence-corrected chi connectivity index (χ0v) is 12.6. The smallest absolute Gasteiger partial charge is 0.211 e. The molecule has 20 heavy (non-hydrogen) atoms. The van der Waals surface area contributed by atoms with Gasteiger partial charge in [0.05, 0.1) is 19.4 Å². The summed E-state index contributed by atoms with van der Waals surface area (Å²) in [6.45, 7) is 3.05. The van der Waals surface area contributed by atoms with Crippen LogP contribution in [0, 0.1) is 11.8 Å². The quantitative estimate of drug-likeness (QED) is 0.803. The van der Waals surface area contributed by atoms with Crippen LogP contribution in [0.15, 0.2) is 12.4 Å². The average Bonchev–Trinajstić information content (AvgIpc) is 3.12. The van der Waals surface area contributed by atoms with Crippen molar-refractivity contribution < 1.29 is 13.2 Å². The first-order chi connectivity index (χ1) is 9.52. The third kappa shape index (κ3) is 3.39. The van der Waals surface area contributed by atoms with Crippen molar-refractivity contribution in [3.05, 3.63) is 18.2 Å². The standard InChI is InChI=1S/C13H21N3O3S/c1-20(17,18)16-7-12(10-19-9-11-2-3-11)6-15-5-4-14-13(15)8-16/h4-5,11-12H,2-3,6-10H2,1H3. The minimum Gasteiger partial charge on any atom is -0.381 e. The van der Waals surface area contributed by atoms with E-state index in [1.54, 1.807) is 6.20 Å². The molecule has 1 fully saturated rings. The Morgan fingerprint density at radius 1 is 1.30 bits per heavy atom. The van der Waals surface area contributed by atoms with Crippen molar-refractivity contribution in [2.24, 2.45) is 11.8 Å². The fraction of sp³-hybridized carbons (Fsp3) is 0.769. The number of imidazole rings is 1. The second-order valence-corrected chi connectivity index (χ2v) is 7.88. The van der Waals surface area contributed by atoms with Gasteiger partial charge < -0.3 is 9.30 Å². The number of fused-ring (bicyclic) bond motifs is 1. The van der Waals surface area contributed by atoms with Gasteiger partial charge >= 0.3 is 0 Å².